The van der Waals surface area contributed by atoms with Crippen molar-refractivity contribution >= 4 is 17.7 Å². The van der Waals surface area contributed by atoms with Crippen molar-refractivity contribution in [1.29, 1.82) is 0 Å². The first kappa shape index (κ1) is 39.5. The molecule has 2 rings (SSSR count). The normalized spacial score (nSPS) is 24.3. The molecular weight excluding hydrogens is 562 g/mol. The Hall–Kier alpha value is -1.67. The summed E-state index contributed by atoms with van der Waals surface area (Å²) in [4.78, 5) is 49.7. The van der Waals surface area contributed by atoms with Crippen LogP contribution in [0.15, 0.2) is 0 Å². The van der Waals surface area contributed by atoms with E-state index in [4.69, 9.17) is 0 Å². The summed E-state index contributed by atoms with van der Waals surface area (Å²) in [7, 11) is 5.98. The first-order chi connectivity index (χ1) is 20.0. The first-order valence-electron chi connectivity index (χ1n) is 17.3. The summed E-state index contributed by atoms with van der Waals surface area (Å²) >= 11 is 0. The number of rotatable bonds is 10. The van der Waals surface area contributed by atoms with Gasteiger partial charge in [-0.1, -0.05) is 41.5 Å². The Morgan fingerprint density at radius 3 is 1.84 bits per heavy atom. The third-order valence-corrected chi connectivity index (χ3v) is 11.6. The molecule has 0 bridgehead atoms. The van der Waals surface area contributed by atoms with Crippen LogP contribution in [0.5, 0.6) is 0 Å². The molecule has 0 aliphatic carbocycles. The molecule has 0 aromatic heterocycles. The predicted octanol–water partition coefficient (Wildman–Crippen LogP) is 6.09. The molecule has 2 aliphatic heterocycles. The maximum atomic E-state index is 15.0. The smallest absolute Gasteiger partial charge is 0.246 e. The Labute approximate surface area is 277 Å². The van der Waals surface area contributed by atoms with Crippen molar-refractivity contribution in [2.75, 3.05) is 34.2 Å². The van der Waals surface area contributed by atoms with Gasteiger partial charge in [0.2, 0.25) is 17.7 Å². The lowest BCUT2D eigenvalue weighted by molar-refractivity contribution is -0.166. The topological polar surface area (TPSA) is 85.0 Å². The van der Waals surface area contributed by atoms with Gasteiger partial charge in [0.15, 0.2) is 0 Å². The maximum Gasteiger partial charge on any atom is 0.246 e. The molecule has 0 radical (unpaired) electrons. The molecule has 8 heteroatoms. The van der Waals surface area contributed by atoms with E-state index in [0.717, 1.165) is 25.7 Å². The summed E-state index contributed by atoms with van der Waals surface area (Å²) < 4.78 is 0. The van der Waals surface area contributed by atoms with Gasteiger partial charge in [0.1, 0.15) is 12.1 Å². The van der Waals surface area contributed by atoms with Crippen molar-refractivity contribution in [1.82, 2.24) is 25.3 Å². The van der Waals surface area contributed by atoms with Gasteiger partial charge in [-0.2, -0.15) is 0 Å². The average molecular weight is 634 g/mol. The van der Waals surface area contributed by atoms with Crippen LogP contribution in [0.4, 0.5) is 0 Å². The van der Waals surface area contributed by atoms with E-state index in [-0.39, 0.29) is 39.5 Å². The number of nitrogens with zero attached hydrogens (tertiary/aromatic N) is 3. The first-order valence-corrected chi connectivity index (χ1v) is 17.3. The monoisotopic (exact) mass is 634 g/mol. The Bertz CT molecular complexity index is 1090. The lowest BCUT2D eigenvalue weighted by Gasteiger charge is -2.53. The Morgan fingerprint density at radius 2 is 1.33 bits per heavy atom. The number of amides is 3. The second-order valence-electron chi connectivity index (χ2n) is 19.3. The van der Waals surface area contributed by atoms with E-state index in [1.54, 1.807) is 0 Å². The fourth-order valence-corrected chi connectivity index (χ4v) is 8.06. The van der Waals surface area contributed by atoms with Crippen molar-refractivity contribution in [3.8, 4) is 0 Å². The molecule has 2 aliphatic rings. The SMILES string of the molecule is CNC(C)(C)CC(C)(C)CNC(=O)C1CCC(C)(C)CC(C)(C)N1C(=O)C1CCC(C)(C)CN1C(=O)C(C)(C)C(C)(C)N(C)C. The molecular formula is C37H71N5O3. The minimum atomic E-state index is -0.748. The van der Waals surface area contributed by atoms with Gasteiger partial charge >= 0.3 is 0 Å². The third kappa shape index (κ3) is 9.03. The lowest BCUT2D eigenvalue weighted by atomic mass is 9.71. The van der Waals surface area contributed by atoms with Gasteiger partial charge in [-0.15, -0.1) is 0 Å². The quantitative estimate of drug-likeness (QED) is 0.304. The summed E-state index contributed by atoms with van der Waals surface area (Å²) in [5.74, 6) is -0.182. The lowest BCUT2D eigenvalue weighted by Crippen LogP contribution is -2.67. The van der Waals surface area contributed by atoms with Crippen LogP contribution in [0, 0.1) is 21.7 Å². The van der Waals surface area contributed by atoms with Crippen LogP contribution in [0.1, 0.15) is 135 Å². The fourth-order valence-electron chi connectivity index (χ4n) is 8.06. The molecule has 3 amide bonds. The molecule has 2 atom stereocenters. The molecule has 45 heavy (non-hydrogen) atoms. The maximum absolute atomic E-state index is 15.0. The van der Waals surface area contributed by atoms with Gasteiger partial charge in [-0.05, 0) is 131 Å². The molecule has 2 N–H and O–H groups in total. The minimum absolute atomic E-state index is 0.00446. The summed E-state index contributed by atoms with van der Waals surface area (Å²) in [6, 6.07) is -1.20. The fraction of sp³-hybridized carbons (Fsp3) is 0.919. The standard InChI is InChI=1S/C37H71N5O3/c1-31(2)20-18-26(28(43)39-24-33(5,6)22-34(7,8)38-15)42(35(9,10)23-31)29(44)27-19-21-32(3,4)25-41(27)30(45)36(11,12)37(13,14)40(16)17/h26-27,38H,18-25H2,1-17H3,(H,39,43). The van der Waals surface area contributed by atoms with Crippen LogP contribution in [-0.4, -0.2) is 95.4 Å². The van der Waals surface area contributed by atoms with Crippen LogP contribution in [-0.2, 0) is 14.4 Å². The van der Waals surface area contributed by atoms with Crippen molar-refractivity contribution in [2.45, 2.75) is 164 Å². The minimum Gasteiger partial charge on any atom is -0.354 e. The molecule has 0 aromatic carbocycles. The van der Waals surface area contributed by atoms with Crippen LogP contribution in [0.2, 0.25) is 0 Å². The molecule has 262 valence electrons. The highest BCUT2D eigenvalue weighted by atomic mass is 16.2. The number of hydrogen-bond acceptors (Lipinski definition) is 5. The molecule has 2 fully saturated rings. The Balaban J connectivity index is 2.55. The molecule has 8 nitrogen and oxygen atoms in total. The largest absolute Gasteiger partial charge is 0.354 e. The summed E-state index contributed by atoms with van der Waals surface area (Å²) in [6.07, 6.45) is 4.54. The average Bonchev–Trinajstić information content (AvgIpc) is 2.96. The number of carbonyl (C=O) groups excluding carboxylic acids is 3. The van der Waals surface area contributed by atoms with E-state index >= 15 is 4.79 Å². The second-order valence-corrected chi connectivity index (χ2v) is 19.3. The van der Waals surface area contributed by atoms with Gasteiger partial charge in [-0.3, -0.25) is 14.4 Å². The Kier molecular flexibility index (Phi) is 11.5. The summed E-state index contributed by atoms with van der Waals surface area (Å²) in [5, 5.41) is 6.66. The zero-order valence-corrected chi connectivity index (χ0v) is 32.4. The van der Waals surface area contributed by atoms with E-state index in [2.05, 4.69) is 98.6 Å². The highest BCUT2D eigenvalue weighted by Gasteiger charge is 2.54. The van der Waals surface area contributed by atoms with Crippen molar-refractivity contribution in [3.63, 3.8) is 0 Å². The third-order valence-electron chi connectivity index (χ3n) is 11.6. The predicted molar refractivity (Wildman–Crippen MR) is 187 cm³/mol. The molecule has 0 aromatic rings. The number of hydrogen-bond donors (Lipinski definition) is 2. The number of carbonyl (C=O) groups is 3. The second kappa shape index (κ2) is 13.1. The number of piperidine rings is 1. The number of nitrogens with one attached hydrogen (secondary N) is 2. The van der Waals surface area contributed by atoms with Crippen LogP contribution in [0.25, 0.3) is 0 Å². The molecule has 0 spiro atoms. The van der Waals surface area contributed by atoms with Gasteiger partial charge in [-0.25, -0.2) is 0 Å². The van der Waals surface area contributed by atoms with E-state index in [1.165, 1.54) is 0 Å². The zero-order valence-electron chi connectivity index (χ0n) is 32.4. The van der Waals surface area contributed by atoms with Crippen LogP contribution < -0.4 is 10.6 Å². The molecule has 0 saturated carbocycles. The highest BCUT2D eigenvalue weighted by Crippen LogP contribution is 2.45. The van der Waals surface area contributed by atoms with E-state index in [1.807, 2.05) is 44.8 Å². The van der Waals surface area contributed by atoms with E-state index < -0.39 is 28.6 Å². The van der Waals surface area contributed by atoms with Gasteiger partial charge in [0, 0.05) is 29.7 Å². The van der Waals surface area contributed by atoms with Gasteiger partial charge in [0.25, 0.3) is 0 Å². The van der Waals surface area contributed by atoms with Crippen LogP contribution >= 0.6 is 0 Å². The van der Waals surface area contributed by atoms with Gasteiger partial charge in [0.05, 0.1) is 5.41 Å². The summed E-state index contributed by atoms with van der Waals surface area (Å²) in [5.41, 5.74) is -2.10. The number of likely N-dealkylation sites (tertiary alicyclic amines) is 2. The van der Waals surface area contributed by atoms with Crippen molar-refractivity contribution < 1.29 is 14.4 Å². The molecule has 2 unspecified atom stereocenters. The summed E-state index contributed by atoms with van der Waals surface area (Å²) in [6.45, 7) is 31.0. The molecule has 2 saturated heterocycles. The van der Waals surface area contributed by atoms with E-state index in [0.29, 0.717) is 25.9 Å². The van der Waals surface area contributed by atoms with Gasteiger partial charge < -0.3 is 25.3 Å². The van der Waals surface area contributed by atoms with Crippen molar-refractivity contribution in [3.05, 3.63) is 0 Å². The van der Waals surface area contributed by atoms with E-state index in [9.17, 15) is 9.59 Å². The highest BCUT2D eigenvalue weighted by molar-refractivity contribution is 5.94. The zero-order chi connectivity index (χ0) is 35.2. The van der Waals surface area contributed by atoms with Crippen LogP contribution in [0.3, 0.4) is 0 Å². The van der Waals surface area contributed by atoms with Crippen molar-refractivity contribution in [2.24, 2.45) is 21.7 Å². The Morgan fingerprint density at radius 1 is 0.822 bits per heavy atom. The molecule has 2 heterocycles.